The molecule has 2 aromatic rings. The number of hydrogen-bond acceptors (Lipinski definition) is 3. The number of hydrogen-bond donors (Lipinski definition) is 2. The van der Waals surface area contributed by atoms with E-state index >= 15 is 0 Å². The predicted molar refractivity (Wildman–Crippen MR) is 53.0 cm³/mol. The number of carboxylic acid groups (broad SMARTS) is 1. The van der Waals surface area contributed by atoms with Crippen molar-refractivity contribution in [3.8, 4) is 0 Å². The second-order valence-corrected chi connectivity index (χ2v) is 3.40. The lowest BCUT2D eigenvalue weighted by Gasteiger charge is -2.10. The third-order valence-electron chi connectivity index (χ3n) is 2.36. The van der Waals surface area contributed by atoms with Gasteiger partial charge in [-0.25, -0.2) is 0 Å². The number of H-pyrrole nitrogens is 1. The van der Waals surface area contributed by atoms with E-state index < -0.39 is 12.1 Å². The average Bonchev–Trinajstić information content (AvgIpc) is 2.62. The molecule has 1 atom stereocenters. The van der Waals surface area contributed by atoms with Gasteiger partial charge >= 0.3 is 0 Å². The number of rotatable bonds is 3. The summed E-state index contributed by atoms with van der Waals surface area (Å²) in [6.45, 7) is 0. The fourth-order valence-corrected chi connectivity index (χ4v) is 1.59. The van der Waals surface area contributed by atoms with Crippen LogP contribution in [0.5, 0.6) is 0 Å². The number of aliphatic hydroxyl groups excluding tert-OH is 1. The van der Waals surface area contributed by atoms with E-state index in [2.05, 4.69) is 4.98 Å². The molecule has 0 unspecified atom stereocenters. The van der Waals surface area contributed by atoms with Gasteiger partial charge in [0.1, 0.15) is 0 Å². The number of aliphatic carboxylic acids is 1. The van der Waals surface area contributed by atoms with Gasteiger partial charge in [0.15, 0.2) is 0 Å². The monoisotopic (exact) mass is 204 g/mol. The molecule has 0 saturated heterocycles. The summed E-state index contributed by atoms with van der Waals surface area (Å²) in [5.74, 6) is -1.44. The zero-order valence-corrected chi connectivity index (χ0v) is 7.93. The molecule has 78 valence electrons. The van der Waals surface area contributed by atoms with E-state index in [1.807, 2.05) is 24.3 Å². The molecule has 2 rings (SSSR count). The Hall–Kier alpha value is -1.81. The largest absolute Gasteiger partial charge is 0.547 e. The van der Waals surface area contributed by atoms with E-state index in [1.165, 1.54) is 0 Å². The first kappa shape index (κ1) is 9.73. The standard InChI is InChI=1S/C11H11NO3/c13-10(11(14)15)5-7-6-12-9-4-2-1-3-8(7)9/h1-4,6,10,12-13H,5H2,(H,14,15)/p-1/t10-/m0/s1. The third kappa shape index (κ3) is 1.85. The van der Waals surface area contributed by atoms with E-state index in [9.17, 15) is 15.0 Å². The second-order valence-electron chi connectivity index (χ2n) is 3.40. The Morgan fingerprint density at radius 2 is 2.20 bits per heavy atom. The van der Waals surface area contributed by atoms with Crippen LogP contribution in [-0.4, -0.2) is 22.2 Å². The molecule has 0 bridgehead atoms. The molecule has 15 heavy (non-hydrogen) atoms. The van der Waals surface area contributed by atoms with Crippen molar-refractivity contribution in [2.24, 2.45) is 0 Å². The fraction of sp³-hybridized carbons (Fsp3) is 0.182. The normalized spacial score (nSPS) is 12.9. The van der Waals surface area contributed by atoms with Gasteiger partial charge in [-0.15, -0.1) is 0 Å². The van der Waals surface area contributed by atoms with Crippen molar-refractivity contribution in [3.05, 3.63) is 36.0 Å². The minimum atomic E-state index is -1.45. The zero-order chi connectivity index (χ0) is 10.8. The molecule has 0 spiro atoms. The van der Waals surface area contributed by atoms with Gasteiger partial charge < -0.3 is 20.0 Å². The van der Waals surface area contributed by atoms with Crippen molar-refractivity contribution in [2.75, 3.05) is 0 Å². The van der Waals surface area contributed by atoms with E-state index in [0.29, 0.717) is 0 Å². The maximum atomic E-state index is 10.4. The van der Waals surface area contributed by atoms with Crippen molar-refractivity contribution in [2.45, 2.75) is 12.5 Å². The molecule has 0 fully saturated rings. The third-order valence-corrected chi connectivity index (χ3v) is 2.36. The lowest BCUT2D eigenvalue weighted by Crippen LogP contribution is -2.36. The van der Waals surface area contributed by atoms with Crippen molar-refractivity contribution in [3.63, 3.8) is 0 Å². The molecule has 0 saturated carbocycles. The van der Waals surface area contributed by atoms with Crippen LogP contribution in [0.15, 0.2) is 30.5 Å². The molecule has 0 radical (unpaired) electrons. The molecule has 1 aromatic carbocycles. The fourth-order valence-electron chi connectivity index (χ4n) is 1.59. The summed E-state index contributed by atoms with van der Waals surface area (Å²) in [7, 11) is 0. The number of para-hydroxylation sites is 1. The first-order chi connectivity index (χ1) is 7.18. The maximum absolute atomic E-state index is 10.4. The molecule has 0 aliphatic rings. The zero-order valence-electron chi connectivity index (χ0n) is 7.93. The van der Waals surface area contributed by atoms with Gasteiger partial charge in [0.25, 0.3) is 0 Å². The average molecular weight is 204 g/mol. The maximum Gasteiger partial charge on any atom is 0.0974 e. The number of aliphatic hydroxyl groups is 1. The van der Waals surface area contributed by atoms with E-state index in [0.717, 1.165) is 16.5 Å². The van der Waals surface area contributed by atoms with Gasteiger partial charge in [-0.1, -0.05) is 18.2 Å². The van der Waals surface area contributed by atoms with Gasteiger partial charge in [0.2, 0.25) is 0 Å². The molecule has 1 heterocycles. The molecule has 0 aliphatic carbocycles. The summed E-state index contributed by atoms with van der Waals surface area (Å²) in [6, 6.07) is 7.52. The Morgan fingerprint density at radius 3 is 2.93 bits per heavy atom. The molecule has 0 amide bonds. The van der Waals surface area contributed by atoms with E-state index in [-0.39, 0.29) is 6.42 Å². The highest BCUT2D eigenvalue weighted by atomic mass is 16.4. The van der Waals surface area contributed by atoms with Crippen LogP contribution in [0, 0.1) is 0 Å². The Labute approximate surface area is 86.2 Å². The van der Waals surface area contributed by atoms with Crippen LogP contribution >= 0.6 is 0 Å². The van der Waals surface area contributed by atoms with Crippen molar-refractivity contribution >= 4 is 16.9 Å². The number of aromatic amines is 1. The molecule has 4 heteroatoms. The number of carbonyl (C=O) groups is 1. The van der Waals surface area contributed by atoms with Crippen LogP contribution in [0.25, 0.3) is 10.9 Å². The lowest BCUT2D eigenvalue weighted by atomic mass is 10.1. The van der Waals surface area contributed by atoms with Gasteiger partial charge in [-0.05, 0) is 11.6 Å². The predicted octanol–water partition coefficient (Wildman–Crippen LogP) is -0.179. The summed E-state index contributed by atoms with van der Waals surface area (Å²) in [4.78, 5) is 13.4. The number of nitrogens with one attached hydrogen (secondary N) is 1. The minimum Gasteiger partial charge on any atom is -0.547 e. The van der Waals surface area contributed by atoms with Crippen molar-refractivity contribution < 1.29 is 15.0 Å². The van der Waals surface area contributed by atoms with Crippen molar-refractivity contribution in [1.29, 1.82) is 0 Å². The summed E-state index contributed by atoms with van der Waals surface area (Å²) in [5, 5.41) is 20.5. The van der Waals surface area contributed by atoms with Crippen molar-refractivity contribution in [1.82, 2.24) is 4.98 Å². The van der Waals surface area contributed by atoms with Crippen LogP contribution in [0.4, 0.5) is 0 Å². The summed E-state index contributed by atoms with van der Waals surface area (Å²) in [6.07, 6.45) is 0.313. The van der Waals surface area contributed by atoms with Gasteiger partial charge in [0, 0.05) is 23.5 Å². The number of carbonyl (C=O) groups excluding carboxylic acids is 1. The quantitative estimate of drug-likeness (QED) is 0.728. The van der Waals surface area contributed by atoms with E-state index in [1.54, 1.807) is 6.20 Å². The second kappa shape index (κ2) is 3.74. The number of carboxylic acids is 1. The summed E-state index contributed by atoms with van der Waals surface area (Å²) < 4.78 is 0. The molecular formula is C11H10NO3-. The SMILES string of the molecule is O=C([O-])[C@@H](O)Cc1c[nH]c2ccccc12. The van der Waals surface area contributed by atoms with Gasteiger partial charge in [-0.2, -0.15) is 0 Å². The number of benzene rings is 1. The van der Waals surface area contributed by atoms with Gasteiger partial charge in [0.05, 0.1) is 12.1 Å². The molecule has 2 N–H and O–H groups in total. The molecule has 0 aliphatic heterocycles. The smallest absolute Gasteiger partial charge is 0.0974 e. The van der Waals surface area contributed by atoms with Gasteiger partial charge in [-0.3, -0.25) is 0 Å². The number of fused-ring (bicyclic) bond motifs is 1. The van der Waals surface area contributed by atoms with Crippen LogP contribution in [0.1, 0.15) is 5.56 Å². The van der Waals surface area contributed by atoms with Crippen LogP contribution in [-0.2, 0) is 11.2 Å². The van der Waals surface area contributed by atoms with E-state index in [4.69, 9.17) is 0 Å². The highest BCUT2D eigenvalue weighted by molar-refractivity contribution is 5.83. The molecular weight excluding hydrogens is 194 g/mol. The summed E-state index contributed by atoms with van der Waals surface area (Å²) in [5.41, 5.74) is 1.71. The Balaban J connectivity index is 2.32. The first-order valence-corrected chi connectivity index (χ1v) is 4.62. The van der Waals surface area contributed by atoms with Crippen LogP contribution < -0.4 is 5.11 Å². The highest BCUT2D eigenvalue weighted by Gasteiger charge is 2.09. The van der Waals surface area contributed by atoms with Crippen LogP contribution in [0.3, 0.4) is 0 Å². The Bertz CT molecular complexity index is 489. The Kier molecular flexibility index (Phi) is 2.43. The first-order valence-electron chi connectivity index (χ1n) is 4.62. The molecule has 1 aromatic heterocycles. The summed E-state index contributed by atoms with van der Waals surface area (Å²) >= 11 is 0. The topological polar surface area (TPSA) is 76.2 Å². The molecule has 4 nitrogen and oxygen atoms in total. The minimum absolute atomic E-state index is 0.0619. The highest BCUT2D eigenvalue weighted by Crippen LogP contribution is 2.18. The Morgan fingerprint density at radius 1 is 1.47 bits per heavy atom. The van der Waals surface area contributed by atoms with Crippen LogP contribution in [0.2, 0.25) is 0 Å². The lowest BCUT2D eigenvalue weighted by molar-refractivity contribution is -0.314. The number of aromatic nitrogens is 1.